The van der Waals surface area contributed by atoms with Gasteiger partial charge in [-0.15, -0.1) is 0 Å². The van der Waals surface area contributed by atoms with Gasteiger partial charge < -0.3 is 10.6 Å². The summed E-state index contributed by atoms with van der Waals surface area (Å²) >= 11 is 3.19. The van der Waals surface area contributed by atoms with Crippen LogP contribution < -0.4 is 5.73 Å². The van der Waals surface area contributed by atoms with Crippen molar-refractivity contribution in [3.8, 4) is 0 Å². The van der Waals surface area contributed by atoms with Crippen molar-refractivity contribution >= 4 is 21.8 Å². The summed E-state index contributed by atoms with van der Waals surface area (Å²) in [6.07, 6.45) is 1.96. The summed E-state index contributed by atoms with van der Waals surface area (Å²) < 4.78 is 14.4. The van der Waals surface area contributed by atoms with E-state index in [-0.39, 0.29) is 17.5 Å². The molecule has 0 saturated carbocycles. The Morgan fingerprint density at radius 2 is 2.32 bits per heavy atom. The standard InChI is InChI=1S/C14H18BrFN2O/c1-9(17)10-3-2-6-18(8-10)14(19)12-5-4-11(15)7-13(12)16/h4-5,7,9-10H,2-3,6,8,17H2,1H3. The molecular formula is C14H18BrFN2O. The molecule has 1 saturated heterocycles. The molecule has 1 aliphatic rings. The van der Waals surface area contributed by atoms with E-state index >= 15 is 0 Å². The highest BCUT2D eigenvalue weighted by Gasteiger charge is 2.27. The molecule has 1 aromatic carbocycles. The third-order valence-electron chi connectivity index (χ3n) is 3.65. The number of carbonyl (C=O) groups excluding carboxylic acids is 1. The van der Waals surface area contributed by atoms with E-state index in [0.717, 1.165) is 12.8 Å². The van der Waals surface area contributed by atoms with Crippen molar-refractivity contribution < 1.29 is 9.18 Å². The summed E-state index contributed by atoms with van der Waals surface area (Å²) in [6.45, 7) is 3.25. The Kier molecular flexibility index (Phi) is 4.58. The van der Waals surface area contributed by atoms with Gasteiger partial charge >= 0.3 is 0 Å². The van der Waals surface area contributed by atoms with E-state index in [0.29, 0.717) is 23.5 Å². The number of rotatable bonds is 2. The van der Waals surface area contributed by atoms with Crippen LogP contribution in [0.1, 0.15) is 30.1 Å². The van der Waals surface area contributed by atoms with Crippen LogP contribution in [0.15, 0.2) is 22.7 Å². The van der Waals surface area contributed by atoms with Gasteiger partial charge in [0.05, 0.1) is 5.56 Å². The van der Waals surface area contributed by atoms with Gasteiger partial charge in [-0.3, -0.25) is 4.79 Å². The molecule has 2 unspecified atom stereocenters. The predicted octanol–water partition coefficient (Wildman–Crippen LogP) is 2.79. The number of piperidine rings is 1. The molecule has 0 radical (unpaired) electrons. The second kappa shape index (κ2) is 6.01. The highest BCUT2D eigenvalue weighted by atomic mass is 79.9. The van der Waals surface area contributed by atoms with Crippen molar-refractivity contribution in [2.45, 2.75) is 25.8 Å². The molecule has 1 aromatic rings. The van der Waals surface area contributed by atoms with Gasteiger partial charge in [-0.1, -0.05) is 15.9 Å². The maximum absolute atomic E-state index is 13.8. The number of benzene rings is 1. The minimum atomic E-state index is -0.484. The van der Waals surface area contributed by atoms with Crippen molar-refractivity contribution in [2.75, 3.05) is 13.1 Å². The van der Waals surface area contributed by atoms with E-state index in [4.69, 9.17) is 5.73 Å². The fourth-order valence-electron chi connectivity index (χ4n) is 2.46. The fraction of sp³-hybridized carbons (Fsp3) is 0.500. The molecule has 3 nitrogen and oxygen atoms in total. The van der Waals surface area contributed by atoms with E-state index in [2.05, 4.69) is 15.9 Å². The molecule has 2 rings (SSSR count). The lowest BCUT2D eigenvalue weighted by Gasteiger charge is -2.34. The molecule has 1 aliphatic heterocycles. The lowest BCUT2D eigenvalue weighted by molar-refractivity contribution is 0.0656. The van der Waals surface area contributed by atoms with Crippen molar-refractivity contribution in [1.29, 1.82) is 0 Å². The molecule has 1 fully saturated rings. The van der Waals surface area contributed by atoms with Crippen LogP contribution in [0.4, 0.5) is 4.39 Å². The fourth-order valence-corrected chi connectivity index (χ4v) is 2.79. The molecule has 2 atom stereocenters. The van der Waals surface area contributed by atoms with Crippen LogP contribution in [0.25, 0.3) is 0 Å². The van der Waals surface area contributed by atoms with E-state index in [1.54, 1.807) is 11.0 Å². The second-order valence-electron chi connectivity index (χ2n) is 5.14. The van der Waals surface area contributed by atoms with Gasteiger partial charge in [0.25, 0.3) is 5.91 Å². The summed E-state index contributed by atoms with van der Waals surface area (Å²) in [5.74, 6) is -0.422. The van der Waals surface area contributed by atoms with Crippen molar-refractivity contribution in [3.05, 3.63) is 34.1 Å². The Labute approximate surface area is 121 Å². The Bertz CT molecular complexity index is 479. The summed E-state index contributed by atoms with van der Waals surface area (Å²) in [5, 5.41) is 0. The highest BCUT2D eigenvalue weighted by Crippen LogP contribution is 2.22. The van der Waals surface area contributed by atoms with Crippen LogP contribution in [0.3, 0.4) is 0 Å². The third kappa shape index (κ3) is 3.34. The molecular weight excluding hydrogens is 311 g/mol. The number of nitrogens with zero attached hydrogens (tertiary/aromatic N) is 1. The van der Waals surface area contributed by atoms with Gasteiger partial charge in [0.15, 0.2) is 0 Å². The Morgan fingerprint density at radius 3 is 2.95 bits per heavy atom. The summed E-state index contributed by atoms with van der Waals surface area (Å²) in [5.41, 5.74) is 6.03. The number of halogens is 2. The molecule has 0 aliphatic carbocycles. The van der Waals surface area contributed by atoms with Crippen LogP contribution in [-0.4, -0.2) is 29.9 Å². The topological polar surface area (TPSA) is 46.3 Å². The van der Waals surface area contributed by atoms with Gasteiger partial charge in [0.1, 0.15) is 5.82 Å². The van der Waals surface area contributed by atoms with Gasteiger partial charge in [-0.05, 0) is 43.9 Å². The average molecular weight is 329 g/mol. The highest BCUT2D eigenvalue weighted by molar-refractivity contribution is 9.10. The number of hydrogen-bond donors (Lipinski definition) is 1. The average Bonchev–Trinajstić information content (AvgIpc) is 2.38. The molecule has 104 valence electrons. The molecule has 1 heterocycles. The maximum Gasteiger partial charge on any atom is 0.256 e. The van der Waals surface area contributed by atoms with Gasteiger partial charge in [-0.2, -0.15) is 0 Å². The molecule has 0 aromatic heterocycles. The number of nitrogens with two attached hydrogens (primary N) is 1. The Balaban J connectivity index is 2.15. The van der Waals surface area contributed by atoms with E-state index < -0.39 is 5.82 Å². The maximum atomic E-state index is 13.8. The molecule has 19 heavy (non-hydrogen) atoms. The number of hydrogen-bond acceptors (Lipinski definition) is 2. The largest absolute Gasteiger partial charge is 0.338 e. The minimum absolute atomic E-state index is 0.0605. The number of likely N-dealkylation sites (tertiary alicyclic amines) is 1. The predicted molar refractivity (Wildman–Crippen MR) is 76.4 cm³/mol. The van der Waals surface area contributed by atoms with Gasteiger partial charge in [-0.25, -0.2) is 4.39 Å². The first kappa shape index (κ1) is 14.5. The van der Waals surface area contributed by atoms with Crippen LogP contribution in [0.2, 0.25) is 0 Å². The summed E-state index contributed by atoms with van der Waals surface area (Å²) in [4.78, 5) is 14.0. The van der Waals surface area contributed by atoms with Crippen molar-refractivity contribution in [3.63, 3.8) is 0 Å². The first-order chi connectivity index (χ1) is 8.99. The van der Waals surface area contributed by atoms with Crippen LogP contribution in [0, 0.1) is 11.7 Å². The van der Waals surface area contributed by atoms with Crippen molar-refractivity contribution in [2.24, 2.45) is 11.7 Å². The molecule has 1 amide bonds. The van der Waals surface area contributed by atoms with E-state index in [1.807, 2.05) is 6.92 Å². The molecule has 0 bridgehead atoms. The normalized spacial score (nSPS) is 21.3. The Hall–Kier alpha value is -0.940. The molecule has 2 N–H and O–H groups in total. The van der Waals surface area contributed by atoms with Crippen LogP contribution in [0.5, 0.6) is 0 Å². The molecule has 5 heteroatoms. The third-order valence-corrected chi connectivity index (χ3v) is 4.14. The Morgan fingerprint density at radius 1 is 1.58 bits per heavy atom. The van der Waals surface area contributed by atoms with Crippen molar-refractivity contribution in [1.82, 2.24) is 4.90 Å². The van der Waals surface area contributed by atoms with Crippen LogP contribution >= 0.6 is 15.9 Å². The monoisotopic (exact) mass is 328 g/mol. The molecule has 0 spiro atoms. The lowest BCUT2D eigenvalue weighted by Crippen LogP contribution is -2.45. The zero-order valence-electron chi connectivity index (χ0n) is 10.9. The zero-order chi connectivity index (χ0) is 14.0. The second-order valence-corrected chi connectivity index (χ2v) is 6.05. The van der Waals surface area contributed by atoms with E-state index in [1.165, 1.54) is 12.1 Å². The lowest BCUT2D eigenvalue weighted by atomic mass is 9.92. The van der Waals surface area contributed by atoms with Crippen LogP contribution in [-0.2, 0) is 0 Å². The summed E-state index contributed by atoms with van der Waals surface area (Å²) in [6, 6.07) is 4.59. The quantitative estimate of drug-likeness (QED) is 0.907. The minimum Gasteiger partial charge on any atom is -0.338 e. The number of amides is 1. The van der Waals surface area contributed by atoms with Gasteiger partial charge in [0.2, 0.25) is 0 Å². The summed E-state index contributed by atoms with van der Waals surface area (Å²) in [7, 11) is 0. The SMILES string of the molecule is CC(N)C1CCCN(C(=O)c2ccc(Br)cc2F)C1. The smallest absolute Gasteiger partial charge is 0.256 e. The zero-order valence-corrected chi connectivity index (χ0v) is 12.5. The van der Waals surface area contributed by atoms with Gasteiger partial charge in [0, 0.05) is 23.6 Å². The first-order valence-corrected chi connectivity index (χ1v) is 7.28. The first-order valence-electron chi connectivity index (χ1n) is 6.49. The number of carbonyl (C=O) groups is 1. The van der Waals surface area contributed by atoms with E-state index in [9.17, 15) is 9.18 Å².